The summed E-state index contributed by atoms with van der Waals surface area (Å²) in [7, 11) is 1.73. The number of phenolic OH excluding ortho intramolecular Hbond substituents is 1. The molecule has 2 atom stereocenters. The summed E-state index contributed by atoms with van der Waals surface area (Å²) in [5.74, 6) is 0.382. The predicted octanol–water partition coefficient (Wildman–Crippen LogP) is 3.20. The molecular formula is C15H25NO2. The smallest absolute Gasteiger partial charge is 0.120 e. The van der Waals surface area contributed by atoms with Crippen molar-refractivity contribution < 1.29 is 9.84 Å². The molecule has 0 spiro atoms. The number of hydrogen-bond donors (Lipinski definition) is 1. The van der Waals surface area contributed by atoms with E-state index in [1.165, 1.54) is 0 Å². The third-order valence-corrected chi connectivity index (χ3v) is 3.42. The molecule has 0 aliphatic carbocycles. The molecule has 3 heteroatoms. The van der Waals surface area contributed by atoms with Crippen molar-refractivity contribution in [2.75, 3.05) is 20.3 Å². The number of rotatable bonds is 7. The molecule has 1 rings (SSSR count). The molecule has 102 valence electrons. The fraction of sp³-hybridized carbons (Fsp3) is 0.600. The zero-order valence-corrected chi connectivity index (χ0v) is 11.9. The molecule has 0 aromatic heterocycles. The Morgan fingerprint density at radius 2 is 1.94 bits per heavy atom. The molecule has 0 saturated heterocycles. The van der Waals surface area contributed by atoms with E-state index in [9.17, 15) is 5.11 Å². The highest BCUT2D eigenvalue weighted by molar-refractivity contribution is 5.34. The highest BCUT2D eigenvalue weighted by atomic mass is 16.5. The van der Waals surface area contributed by atoms with Gasteiger partial charge in [0.2, 0.25) is 0 Å². The maximum atomic E-state index is 10.0. The molecular weight excluding hydrogens is 226 g/mol. The fourth-order valence-electron chi connectivity index (χ4n) is 2.58. The number of nitrogens with zero attached hydrogens (tertiary/aromatic N) is 1. The van der Waals surface area contributed by atoms with Crippen LogP contribution in [0.1, 0.15) is 38.8 Å². The largest absolute Gasteiger partial charge is 0.508 e. The molecule has 2 unspecified atom stereocenters. The summed E-state index contributed by atoms with van der Waals surface area (Å²) in [5.41, 5.74) is 1.00. The van der Waals surface area contributed by atoms with Crippen molar-refractivity contribution >= 4 is 0 Å². The van der Waals surface area contributed by atoms with Gasteiger partial charge in [0, 0.05) is 24.8 Å². The second-order valence-electron chi connectivity index (χ2n) is 4.62. The van der Waals surface area contributed by atoms with E-state index in [1.807, 2.05) is 18.2 Å². The number of para-hydroxylation sites is 1. The minimum atomic E-state index is 0.237. The summed E-state index contributed by atoms with van der Waals surface area (Å²) >= 11 is 0. The molecule has 18 heavy (non-hydrogen) atoms. The molecule has 1 aromatic rings. The molecule has 0 fully saturated rings. The first-order valence-corrected chi connectivity index (χ1v) is 6.68. The van der Waals surface area contributed by atoms with Gasteiger partial charge in [0.25, 0.3) is 0 Å². The number of benzene rings is 1. The number of ether oxygens (including phenoxy) is 1. The van der Waals surface area contributed by atoms with E-state index < -0.39 is 0 Å². The maximum Gasteiger partial charge on any atom is 0.120 e. The Labute approximate surface area is 110 Å². The van der Waals surface area contributed by atoms with Crippen LogP contribution >= 0.6 is 0 Å². The van der Waals surface area contributed by atoms with Crippen molar-refractivity contribution in [1.29, 1.82) is 0 Å². The summed E-state index contributed by atoms with van der Waals surface area (Å²) in [6, 6.07) is 8.18. The van der Waals surface area contributed by atoms with Crippen molar-refractivity contribution in [3.63, 3.8) is 0 Å². The van der Waals surface area contributed by atoms with E-state index in [1.54, 1.807) is 13.2 Å². The average Bonchev–Trinajstić information content (AvgIpc) is 2.37. The first kappa shape index (κ1) is 15.0. The number of methoxy groups -OCH3 is 1. The molecule has 0 aliphatic rings. The van der Waals surface area contributed by atoms with Gasteiger partial charge in [0.15, 0.2) is 0 Å². The summed E-state index contributed by atoms with van der Waals surface area (Å²) in [6.45, 7) is 8.11. The summed E-state index contributed by atoms with van der Waals surface area (Å²) in [6.07, 6.45) is 0.972. The van der Waals surface area contributed by atoms with Crippen molar-refractivity contribution in [2.24, 2.45) is 0 Å². The van der Waals surface area contributed by atoms with Crippen LogP contribution in [0.3, 0.4) is 0 Å². The maximum absolute atomic E-state index is 10.0. The van der Waals surface area contributed by atoms with E-state index in [-0.39, 0.29) is 6.04 Å². The van der Waals surface area contributed by atoms with Crippen LogP contribution < -0.4 is 0 Å². The zero-order valence-electron chi connectivity index (χ0n) is 11.9. The van der Waals surface area contributed by atoms with Crippen LogP contribution in [0, 0.1) is 0 Å². The van der Waals surface area contributed by atoms with E-state index in [4.69, 9.17) is 4.74 Å². The van der Waals surface area contributed by atoms with E-state index >= 15 is 0 Å². The Balaban J connectivity index is 2.96. The molecule has 0 heterocycles. The van der Waals surface area contributed by atoms with Crippen molar-refractivity contribution in [1.82, 2.24) is 4.90 Å². The molecule has 0 aliphatic heterocycles. The zero-order chi connectivity index (χ0) is 13.5. The van der Waals surface area contributed by atoms with Gasteiger partial charge in [-0.15, -0.1) is 0 Å². The lowest BCUT2D eigenvalue weighted by Gasteiger charge is -2.35. The van der Waals surface area contributed by atoms with E-state index in [0.717, 1.165) is 18.5 Å². The standard InChI is InChI=1S/C15H25NO2/c1-5-14(13-9-7-8-10-15(13)17)16(6-2)12(3)11-18-4/h7-10,12,14,17H,5-6,11H2,1-4H3. The van der Waals surface area contributed by atoms with Gasteiger partial charge in [-0.25, -0.2) is 0 Å². The summed E-state index contributed by atoms with van der Waals surface area (Å²) in [5, 5.41) is 10.0. The third kappa shape index (κ3) is 3.47. The highest BCUT2D eigenvalue weighted by Gasteiger charge is 2.24. The van der Waals surface area contributed by atoms with Gasteiger partial charge >= 0.3 is 0 Å². The van der Waals surface area contributed by atoms with Crippen LogP contribution in [0.5, 0.6) is 5.75 Å². The number of likely N-dealkylation sites (N-methyl/N-ethyl adjacent to an activating group) is 1. The quantitative estimate of drug-likeness (QED) is 0.807. The van der Waals surface area contributed by atoms with Crippen LogP contribution in [-0.2, 0) is 4.74 Å². The normalized spacial score (nSPS) is 14.7. The molecule has 0 amide bonds. The molecule has 0 radical (unpaired) electrons. The Morgan fingerprint density at radius 3 is 2.44 bits per heavy atom. The topological polar surface area (TPSA) is 32.7 Å². The van der Waals surface area contributed by atoms with E-state index in [0.29, 0.717) is 18.4 Å². The first-order chi connectivity index (χ1) is 8.65. The molecule has 1 N–H and O–H groups in total. The average molecular weight is 251 g/mol. The summed E-state index contributed by atoms with van der Waals surface area (Å²) < 4.78 is 5.24. The minimum absolute atomic E-state index is 0.237. The lowest BCUT2D eigenvalue weighted by atomic mass is 10.00. The number of phenols is 1. The summed E-state index contributed by atoms with van der Waals surface area (Å²) in [4.78, 5) is 2.37. The first-order valence-electron chi connectivity index (χ1n) is 6.68. The van der Waals surface area contributed by atoms with E-state index in [2.05, 4.69) is 25.7 Å². The van der Waals surface area contributed by atoms with Crippen molar-refractivity contribution in [3.05, 3.63) is 29.8 Å². The van der Waals surface area contributed by atoms with Crippen LogP contribution in [0.2, 0.25) is 0 Å². The van der Waals surface area contributed by atoms with Crippen molar-refractivity contribution in [2.45, 2.75) is 39.3 Å². The molecule has 1 aromatic carbocycles. The number of aromatic hydroxyl groups is 1. The second-order valence-corrected chi connectivity index (χ2v) is 4.62. The Hall–Kier alpha value is -1.06. The molecule has 0 bridgehead atoms. The van der Waals surface area contributed by atoms with Crippen molar-refractivity contribution in [3.8, 4) is 5.75 Å². The van der Waals surface area contributed by atoms with Crippen LogP contribution in [0.4, 0.5) is 0 Å². The molecule has 3 nitrogen and oxygen atoms in total. The van der Waals surface area contributed by atoms with Gasteiger partial charge in [-0.2, -0.15) is 0 Å². The Bertz CT molecular complexity index is 354. The number of hydrogen-bond acceptors (Lipinski definition) is 3. The van der Waals surface area contributed by atoms with Crippen LogP contribution in [0.15, 0.2) is 24.3 Å². The molecule has 0 saturated carbocycles. The van der Waals surface area contributed by atoms with Crippen LogP contribution in [-0.4, -0.2) is 36.3 Å². The highest BCUT2D eigenvalue weighted by Crippen LogP contribution is 2.31. The van der Waals surface area contributed by atoms with Gasteiger partial charge in [-0.1, -0.05) is 32.0 Å². The Kier molecular flexibility index (Phi) is 6.16. The Morgan fingerprint density at radius 1 is 1.28 bits per heavy atom. The predicted molar refractivity (Wildman–Crippen MR) is 74.9 cm³/mol. The minimum Gasteiger partial charge on any atom is -0.508 e. The monoisotopic (exact) mass is 251 g/mol. The van der Waals surface area contributed by atoms with Gasteiger partial charge < -0.3 is 9.84 Å². The second kappa shape index (κ2) is 7.39. The van der Waals surface area contributed by atoms with Gasteiger partial charge in [0.05, 0.1) is 6.61 Å². The lowest BCUT2D eigenvalue weighted by molar-refractivity contribution is 0.0704. The SMILES string of the molecule is CCC(c1ccccc1O)N(CC)C(C)COC. The fourth-order valence-corrected chi connectivity index (χ4v) is 2.58. The van der Waals surface area contributed by atoms with Gasteiger partial charge in [0.1, 0.15) is 5.75 Å². The van der Waals surface area contributed by atoms with Crippen LogP contribution in [0.25, 0.3) is 0 Å². The lowest BCUT2D eigenvalue weighted by Crippen LogP contribution is -2.39. The van der Waals surface area contributed by atoms with Gasteiger partial charge in [-0.3, -0.25) is 4.90 Å². The third-order valence-electron chi connectivity index (χ3n) is 3.42. The van der Waals surface area contributed by atoms with Gasteiger partial charge in [-0.05, 0) is 26.0 Å².